The molecule has 0 heterocycles. The van der Waals surface area contributed by atoms with E-state index in [-0.39, 0.29) is 11.9 Å². The summed E-state index contributed by atoms with van der Waals surface area (Å²) >= 11 is 0. The van der Waals surface area contributed by atoms with Crippen LogP contribution in [0.3, 0.4) is 0 Å². The quantitative estimate of drug-likeness (QED) is 0.225. The molecule has 1 aliphatic rings. The summed E-state index contributed by atoms with van der Waals surface area (Å²) in [4.78, 5) is 11.8. The fourth-order valence-electron chi connectivity index (χ4n) is 4.04. The standard InChI is InChI=1S/C29H40O4/c1-5-7-26-18-23(9-8-21(2)31-4)12-14-28(26)32-16-6-17-33-29-15-13-25(22(3)30)20-27(29)19-24-10-11-24/h12-15,18,20-21,24H,5-11,16-17,19H2,1-4H3. The van der Waals surface area contributed by atoms with E-state index in [0.717, 1.165) is 67.1 Å². The van der Waals surface area contributed by atoms with Gasteiger partial charge in [0.1, 0.15) is 11.5 Å². The Labute approximate surface area is 199 Å². The van der Waals surface area contributed by atoms with Crippen LogP contribution in [0, 0.1) is 5.92 Å². The third kappa shape index (κ3) is 8.19. The maximum Gasteiger partial charge on any atom is 0.159 e. The van der Waals surface area contributed by atoms with E-state index in [2.05, 4.69) is 32.0 Å². The van der Waals surface area contributed by atoms with E-state index >= 15 is 0 Å². The van der Waals surface area contributed by atoms with E-state index in [4.69, 9.17) is 14.2 Å². The van der Waals surface area contributed by atoms with Crippen molar-refractivity contribution < 1.29 is 19.0 Å². The monoisotopic (exact) mass is 452 g/mol. The highest BCUT2D eigenvalue weighted by Crippen LogP contribution is 2.35. The van der Waals surface area contributed by atoms with Gasteiger partial charge < -0.3 is 14.2 Å². The minimum Gasteiger partial charge on any atom is -0.493 e. The molecule has 1 aliphatic carbocycles. The largest absolute Gasteiger partial charge is 0.493 e. The first-order valence-electron chi connectivity index (χ1n) is 12.5. The molecular formula is C29H40O4. The van der Waals surface area contributed by atoms with Gasteiger partial charge in [-0.1, -0.05) is 25.5 Å². The van der Waals surface area contributed by atoms with Gasteiger partial charge in [0, 0.05) is 19.1 Å². The van der Waals surface area contributed by atoms with Crippen LogP contribution in [0.15, 0.2) is 36.4 Å². The van der Waals surface area contributed by atoms with Crippen molar-refractivity contribution in [1.29, 1.82) is 0 Å². The lowest BCUT2D eigenvalue weighted by atomic mass is 10.0. The highest BCUT2D eigenvalue weighted by atomic mass is 16.5. The van der Waals surface area contributed by atoms with Gasteiger partial charge in [0.2, 0.25) is 0 Å². The average Bonchev–Trinajstić information content (AvgIpc) is 3.63. The van der Waals surface area contributed by atoms with Crippen LogP contribution >= 0.6 is 0 Å². The third-order valence-corrected chi connectivity index (χ3v) is 6.36. The average molecular weight is 453 g/mol. The highest BCUT2D eigenvalue weighted by Gasteiger charge is 2.23. The molecule has 0 spiro atoms. The minimum atomic E-state index is 0.106. The number of hydrogen-bond acceptors (Lipinski definition) is 4. The zero-order chi connectivity index (χ0) is 23.6. The van der Waals surface area contributed by atoms with Crippen LogP contribution in [-0.2, 0) is 24.0 Å². The number of Topliss-reactive ketones (excluding diaryl/α,β-unsaturated/α-hetero) is 1. The van der Waals surface area contributed by atoms with Crippen molar-refractivity contribution in [3.8, 4) is 11.5 Å². The molecular weight excluding hydrogens is 412 g/mol. The van der Waals surface area contributed by atoms with Gasteiger partial charge in [-0.05, 0) is 99.2 Å². The Morgan fingerprint density at radius 2 is 1.70 bits per heavy atom. The summed E-state index contributed by atoms with van der Waals surface area (Å²) in [5.41, 5.74) is 4.56. The summed E-state index contributed by atoms with van der Waals surface area (Å²) in [6.07, 6.45) is 8.81. The molecule has 180 valence electrons. The number of aryl methyl sites for hydroxylation is 2. The van der Waals surface area contributed by atoms with E-state index in [9.17, 15) is 4.79 Å². The van der Waals surface area contributed by atoms with Crippen LogP contribution in [0.5, 0.6) is 11.5 Å². The van der Waals surface area contributed by atoms with E-state index in [1.807, 2.05) is 18.2 Å². The van der Waals surface area contributed by atoms with Crippen LogP contribution in [0.25, 0.3) is 0 Å². The maximum atomic E-state index is 11.8. The molecule has 1 saturated carbocycles. The van der Waals surface area contributed by atoms with Gasteiger partial charge in [-0.3, -0.25) is 4.79 Å². The first kappa shape index (κ1) is 25.3. The molecule has 33 heavy (non-hydrogen) atoms. The molecule has 0 N–H and O–H groups in total. The minimum absolute atomic E-state index is 0.106. The number of ketones is 1. The van der Waals surface area contributed by atoms with Crippen molar-refractivity contribution in [2.45, 2.75) is 78.2 Å². The topological polar surface area (TPSA) is 44.8 Å². The van der Waals surface area contributed by atoms with Crippen molar-refractivity contribution in [2.75, 3.05) is 20.3 Å². The van der Waals surface area contributed by atoms with E-state index < -0.39 is 0 Å². The van der Waals surface area contributed by atoms with Gasteiger partial charge in [-0.25, -0.2) is 0 Å². The van der Waals surface area contributed by atoms with Crippen molar-refractivity contribution in [1.82, 2.24) is 0 Å². The number of methoxy groups -OCH3 is 1. The van der Waals surface area contributed by atoms with Crippen LogP contribution in [0.4, 0.5) is 0 Å². The normalized spacial score (nSPS) is 14.2. The molecule has 3 rings (SSSR count). The van der Waals surface area contributed by atoms with Crippen LogP contribution in [0.1, 0.15) is 79.9 Å². The van der Waals surface area contributed by atoms with Gasteiger partial charge in [-0.2, -0.15) is 0 Å². The molecule has 4 heteroatoms. The second kappa shape index (κ2) is 12.8. The fraction of sp³-hybridized carbons (Fsp3) is 0.552. The number of carbonyl (C=O) groups excluding carboxylic acids is 1. The second-order valence-corrected chi connectivity index (χ2v) is 9.35. The van der Waals surface area contributed by atoms with Gasteiger partial charge in [0.15, 0.2) is 5.78 Å². The Bertz CT molecular complexity index is 900. The van der Waals surface area contributed by atoms with Crippen molar-refractivity contribution >= 4 is 5.78 Å². The predicted molar refractivity (Wildman–Crippen MR) is 134 cm³/mol. The van der Waals surface area contributed by atoms with E-state index in [1.54, 1.807) is 14.0 Å². The first-order chi connectivity index (χ1) is 16.0. The second-order valence-electron chi connectivity index (χ2n) is 9.35. The number of carbonyl (C=O) groups is 1. The Hall–Kier alpha value is -2.33. The predicted octanol–water partition coefficient (Wildman–Crippen LogP) is 6.61. The summed E-state index contributed by atoms with van der Waals surface area (Å²) in [5, 5.41) is 0. The number of benzene rings is 2. The van der Waals surface area contributed by atoms with Crippen molar-refractivity contribution in [3.05, 3.63) is 58.7 Å². The van der Waals surface area contributed by atoms with Crippen molar-refractivity contribution in [2.24, 2.45) is 5.92 Å². The lowest BCUT2D eigenvalue weighted by Gasteiger charge is -2.15. The van der Waals surface area contributed by atoms with E-state index in [0.29, 0.717) is 13.2 Å². The number of rotatable bonds is 15. The molecule has 4 nitrogen and oxygen atoms in total. The first-order valence-corrected chi connectivity index (χ1v) is 12.5. The zero-order valence-electron chi connectivity index (χ0n) is 20.8. The summed E-state index contributed by atoms with van der Waals surface area (Å²) < 4.78 is 17.6. The molecule has 1 atom stereocenters. The summed E-state index contributed by atoms with van der Waals surface area (Å²) in [5.74, 6) is 2.75. The molecule has 2 aromatic carbocycles. The van der Waals surface area contributed by atoms with Gasteiger partial charge in [0.05, 0.1) is 19.3 Å². The molecule has 1 unspecified atom stereocenters. The Balaban J connectivity index is 1.50. The number of ether oxygens (including phenoxy) is 3. The zero-order valence-corrected chi connectivity index (χ0v) is 20.8. The molecule has 2 aromatic rings. The van der Waals surface area contributed by atoms with Crippen LogP contribution < -0.4 is 9.47 Å². The van der Waals surface area contributed by atoms with Gasteiger partial charge >= 0.3 is 0 Å². The fourth-order valence-corrected chi connectivity index (χ4v) is 4.04. The van der Waals surface area contributed by atoms with Crippen LogP contribution in [-0.4, -0.2) is 32.2 Å². The maximum absolute atomic E-state index is 11.8. The van der Waals surface area contributed by atoms with Gasteiger partial charge in [-0.15, -0.1) is 0 Å². The summed E-state index contributed by atoms with van der Waals surface area (Å²) in [6.45, 7) is 7.16. The lowest BCUT2D eigenvalue weighted by molar-refractivity contribution is 0.101. The Morgan fingerprint density at radius 3 is 2.33 bits per heavy atom. The Kier molecular flexibility index (Phi) is 9.80. The smallest absolute Gasteiger partial charge is 0.159 e. The molecule has 0 amide bonds. The molecule has 0 saturated heterocycles. The summed E-state index contributed by atoms with van der Waals surface area (Å²) in [6, 6.07) is 12.4. The third-order valence-electron chi connectivity index (χ3n) is 6.36. The van der Waals surface area contributed by atoms with Crippen LogP contribution in [0.2, 0.25) is 0 Å². The number of hydrogen-bond donors (Lipinski definition) is 0. The molecule has 0 bridgehead atoms. The Morgan fingerprint density at radius 1 is 1.00 bits per heavy atom. The molecule has 1 fully saturated rings. The summed E-state index contributed by atoms with van der Waals surface area (Å²) in [7, 11) is 1.77. The van der Waals surface area contributed by atoms with E-state index in [1.165, 1.54) is 24.0 Å². The molecule has 0 aliphatic heterocycles. The van der Waals surface area contributed by atoms with Gasteiger partial charge in [0.25, 0.3) is 0 Å². The highest BCUT2D eigenvalue weighted by molar-refractivity contribution is 5.94. The molecule has 0 aromatic heterocycles. The SMILES string of the molecule is CCCc1cc(CCC(C)OC)ccc1OCCCOc1ccc(C(C)=O)cc1CC1CC1. The molecule has 0 radical (unpaired) electrons. The van der Waals surface area contributed by atoms with Crippen molar-refractivity contribution in [3.63, 3.8) is 0 Å². The lowest BCUT2D eigenvalue weighted by Crippen LogP contribution is -2.08.